The van der Waals surface area contributed by atoms with Crippen LogP contribution in [0.25, 0.3) is 16.8 Å². The fourth-order valence-electron chi connectivity index (χ4n) is 4.97. The number of nitrogens with zero attached hydrogens (tertiary/aromatic N) is 3. The molecule has 3 heterocycles. The molecule has 9 heteroatoms. The van der Waals surface area contributed by atoms with Gasteiger partial charge in [-0.3, -0.25) is 9.00 Å². The Bertz CT molecular complexity index is 1410. The minimum absolute atomic E-state index is 0.0898. The largest absolute Gasteiger partial charge is 0.760 e. The van der Waals surface area contributed by atoms with Gasteiger partial charge in [-0.15, -0.1) is 0 Å². The number of anilines is 1. The Hall–Kier alpha value is -3.40. The van der Waals surface area contributed by atoms with Crippen molar-refractivity contribution < 1.29 is 17.9 Å². The summed E-state index contributed by atoms with van der Waals surface area (Å²) < 4.78 is 40.3. The standard InChI is InChI=1S/C26H25FN4O3S/c1-26(2)21(14-29-35(33)34)24(18-6-4-3-5-7-18)31(25(26)32)20-12-13-22-23(28-16-30(22)15-20)17-8-10-19(27)11-9-17/h3-13,15-16,21,24,29H,14H2,1-2H3,(H,33,34)/p-1/t21-,24-/m0/s1. The van der Waals surface area contributed by atoms with E-state index in [0.29, 0.717) is 11.4 Å². The van der Waals surface area contributed by atoms with E-state index in [1.54, 1.807) is 23.4 Å². The summed E-state index contributed by atoms with van der Waals surface area (Å²) in [7, 11) is 0. The summed E-state index contributed by atoms with van der Waals surface area (Å²) in [6.07, 6.45) is 3.52. The number of amides is 1. The molecule has 1 saturated heterocycles. The number of benzene rings is 2. The highest BCUT2D eigenvalue weighted by molar-refractivity contribution is 7.77. The van der Waals surface area contributed by atoms with E-state index in [9.17, 15) is 17.9 Å². The highest BCUT2D eigenvalue weighted by Gasteiger charge is 2.54. The van der Waals surface area contributed by atoms with Gasteiger partial charge in [-0.2, -0.15) is 0 Å². The lowest BCUT2D eigenvalue weighted by Gasteiger charge is -2.30. The average molecular weight is 492 g/mol. The van der Waals surface area contributed by atoms with Gasteiger partial charge in [-0.1, -0.05) is 44.2 Å². The van der Waals surface area contributed by atoms with Crippen LogP contribution in [0.1, 0.15) is 25.5 Å². The topological polar surface area (TPSA) is 89.8 Å². The van der Waals surface area contributed by atoms with Crippen LogP contribution in [-0.4, -0.2) is 30.6 Å². The van der Waals surface area contributed by atoms with Crippen molar-refractivity contribution in [3.63, 3.8) is 0 Å². The first-order valence-electron chi connectivity index (χ1n) is 11.2. The Labute approximate surface area is 205 Å². The van der Waals surface area contributed by atoms with Gasteiger partial charge in [0.15, 0.2) is 0 Å². The van der Waals surface area contributed by atoms with E-state index in [4.69, 9.17) is 0 Å². The zero-order valence-electron chi connectivity index (χ0n) is 19.2. The molecule has 0 spiro atoms. The number of aromatic nitrogens is 2. The fourth-order valence-corrected chi connectivity index (χ4v) is 5.28. The molecule has 5 rings (SSSR count). The monoisotopic (exact) mass is 491 g/mol. The van der Waals surface area contributed by atoms with Crippen LogP contribution in [0.3, 0.4) is 0 Å². The van der Waals surface area contributed by atoms with Crippen molar-refractivity contribution in [2.45, 2.75) is 19.9 Å². The molecule has 1 N–H and O–H groups in total. The minimum Gasteiger partial charge on any atom is -0.760 e. The van der Waals surface area contributed by atoms with Gasteiger partial charge in [-0.05, 0) is 42.0 Å². The van der Waals surface area contributed by atoms with Gasteiger partial charge in [0.2, 0.25) is 5.91 Å². The number of carbonyl (C=O) groups is 1. The summed E-state index contributed by atoms with van der Waals surface area (Å²) in [4.78, 5) is 20.0. The SMILES string of the molecule is CC1(C)C(=O)N(c2ccc3c(-c4ccc(F)cc4)ncn3c2)[C@@H](c2ccccc2)[C@@H]1CNS(=O)[O-]. The molecule has 2 aromatic carbocycles. The van der Waals surface area contributed by atoms with Crippen LogP contribution in [0.5, 0.6) is 0 Å². The van der Waals surface area contributed by atoms with Crippen LogP contribution in [0.4, 0.5) is 10.1 Å². The number of rotatable bonds is 6. The van der Waals surface area contributed by atoms with Crippen LogP contribution >= 0.6 is 0 Å². The van der Waals surface area contributed by atoms with Crippen molar-refractivity contribution in [3.05, 3.63) is 90.6 Å². The van der Waals surface area contributed by atoms with E-state index < -0.39 is 16.7 Å². The highest BCUT2D eigenvalue weighted by atomic mass is 32.2. The lowest BCUT2D eigenvalue weighted by Crippen LogP contribution is -2.35. The van der Waals surface area contributed by atoms with Gasteiger partial charge in [0.1, 0.15) is 12.1 Å². The molecule has 4 aromatic rings. The maximum Gasteiger partial charge on any atom is 0.233 e. The van der Waals surface area contributed by atoms with Gasteiger partial charge in [-0.25, -0.2) is 14.1 Å². The number of fused-ring (bicyclic) bond motifs is 1. The summed E-state index contributed by atoms with van der Waals surface area (Å²) >= 11 is -2.43. The number of nitrogens with one attached hydrogen (secondary N) is 1. The van der Waals surface area contributed by atoms with E-state index in [1.165, 1.54) is 12.1 Å². The molecule has 1 amide bonds. The van der Waals surface area contributed by atoms with Crippen LogP contribution in [0.15, 0.2) is 79.3 Å². The van der Waals surface area contributed by atoms with Gasteiger partial charge < -0.3 is 13.9 Å². The second-order valence-corrected chi connectivity index (χ2v) is 9.98. The first-order chi connectivity index (χ1) is 16.8. The molecule has 0 saturated carbocycles. The molecule has 3 atom stereocenters. The molecule has 1 unspecified atom stereocenters. The van der Waals surface area contributed by atoms with Gasteiger partial charge in [0.05, 0.1) is 28.4 Å². The van der Waals surface area contributed by atoms with E-state index in [2.05, 4.69) is 9.71 Å². The molecule has 0 radical (unpaired) electrons. The first kappa shape index (κ1) is 23.3. The van der Waals surface area contributed by atoms with E-state index in [-0.39, 0.29) is 30.2 Å². The molecule has 2 aromatic heterocycles. The molecular formula is C26H24FN4O3S-. The maximum absolute atomic E-state index is 13.7. The molecule has 1 fully saturated rings. The van der Waals surface area contributed by atoms with E-state index in [0.717, 1.165) is 16.6 Å². The zero-order valence-corrected chi connectivity index (χ0v) is 20.0. The second kappa shape index (κ2) is 8.99. The van der Waals surface area contributed by atoms with Crippen LogP contribution < -0.4 is 9.62 Å². The number of pyridine rings is 1. The van der Waals surface area contributed by atoms with Gasteiger partial charge >= 0.3 is 0 Å². The average Bonchev–Trinajstić information content (AvgIpc) is 3.35. The fraction of sp³-hybridized carbons (Fsp3) is 0.231. The predicted octanol–water partition coefficient (Wildman–Crippen LogP) is 4.25. The number of imidazole rings is 1. The third-order valence-electron chi connectivity index (χ3n) is 6.83. The van der Waals surface area contributed by atoms with Crippen molar-refractivity contribution >= 4 is 28.4 Å². The molecule has 35 heavy (non-hydrogen) atoms. The van der Waals surface area contributed by atoms with Crippen molar-refractivity contribution in [1.82, 2.24) is 14.1 Å². The quantitative estimate of drug-likeness (QED) is 0.408. The number of halogens is 1. The number of carbonyl (C=O) groups excluding carboxylic acids is 1. The smallest absolute Gasteiger partial charge is 0.233 e. The molecular weight excluding hydrogens is 467 g/mol. The summed E-state index contributed by atoms with van der Waals surface area (Å²) in [6.45, 7) is 3.84. The molecule has 1 aliphatic rings. The van der Waals surface area contributed by atoms with Gasteiger partial charge in [0, 0.05) is 35.5 Å². The van der Waals surface area contributed by atoms with Crippen molar-refractivity contribution in [2.24, 2.45) is 11.3 Å². The molecule has 0 aliphatic carbocycles. The second-order valence-electron chi connectivity index (χ2n) is 9.22. The third kappa shape index (κ3) is 4.16. The normalized spacial score (nSPS) is 20.5. The van der Waals surface area contributed by atoms with Crippen LogP contribution in [-0.2, 0) is 16.1 Å². The van der Waals surface area contributed by atoms with Crippen molar-refractivity contribution in [2.75, 3.05) is 11.4 Å². The van der Waals surface area contributed by atoms with Crippen LogP contribution in [0, 0.1) is 17.2 Å². The summed E-state index contributed by atoms with van der Waals surface area (Å²) in [5.41, 5.74) is 3.12. The maximum atomic E-state index is 13.7. The Kier molecular flexibility index (Phi) is 6.00. The zero-order chi connectivity index (χ0) is 24.7. The van der Waals surface area contributed by atoms with Crippen molar-refractivity contribution in [1.29, 1.82) is 0 Å². The summed E-state index contributed by atoms with van der Waals surface area (Å²) in [5, 5.41) is 0. The van der Waals surface area contributed by atoms with Crippen molar-refractivity contribution in [3.8, 4) is 11.3 Å². The highest BCUT2D eigenvalue weighted by Crippen LogP contribution is 2.50. The van der Waals surface area contributed by atoms with Gasteiger partial charge in [0.25, 0.3) is 0 Å². The number of hydrogen-bond donors (Lipinski definition) is 1. The predicted molar refractivity (Wildman–Crippen MR) is 131 cm³/mol. The first-order valence-corrected chi connectivity index (χ1v) is 12.3. The van der Waals surface area contributed by atoms with E-state index >= 15 is 0 Å². The molecule has 1 aliphatic heterocycles. The molecule has 0 bridgehead atoms. The third-order valence-corrected chi connectivity index (χ3v) is 7.23. The van der Waals surface area contributed by atoms with Crippen LogP contribution in [0.2, 0.25) is 0 Å². The Balaban J connectivity index is 1.59. The Morgan fingerprint density at radius 2 is 1.80 bits per heavy atom. The summed E-state index contributed by atoms with van der Waals surface area (Å²) in [5.74, 6) is -0.705. The summed E-state index contributed by atoms with van der Waals surface area (Å²) in [6, 6.07) is 19.2. The lowest BCUT2D eigenvalue weighted by atomic mass is 9.76. The molecule has 180 valence electrons. The Morgan fingerprint density at radius 1 is 1.09 bits per heavy atom. The van der Waals surface area contributed by atoms with E-state index in [1.807, 2.05) is 66.9 Å². The lowest BCUT2D eigenvalue weighted by molar-refractivity contribution is -0.125. The number of hydrogen-bond acceptors (Lipinski definition) is 4. The molecule has 7 nitrogen and oxygen atoms in total. The minimum atomic E-state index is -2.43. The Morgan fingerprint density at radius 3 is 2.49 bits per heavy atom.